The molecule has 0 unspecified atom stereocenters. The molecule has 47 heavy (non-hydrogen) atoms. The lowest BCUT2D eigenvalue weighted by atomic mass is 9.32. The third kappa shape index (κ3) is 4.56. The Bertz CT molecular complexity index is 1610. The Kier molecular flexibility index (Phi) is 7.64. The summed E-state index contributed by atoms with van der Waals surface area (Å²) in [6, 6.07) is 9.32. The monoisotopic (exact) mass is 638 g/mol. The normalized spacial score (nSPS) is 41.8. The molecule has 1 aromatic heterocycles. The molecule has 5 fully saturated rings. The predicted octanol–water partition coefficient (Wildman–Crippen LogP) is 8.20. The van der Waals surface area contributed by atoms with Crippen molar-refractivity contribution in [2.75, 3.05) is 0 Å². The number of hydrogen-bond acceptors (Lipinski definition) is 6. The zero-order chi connectivity index (χ0) is 33.6. The van der Waals surface area contributed by atoms with E-state index >= 15 is 0 Å². The Morgan fingerprint density at radius 1 is 0.979 bits per heavy atom. The molecule has 7 nitrogen and oxygen atoms in total. The minimum absolute atomic E-state index is 0.0541. The molecule has 7 heteroatoms. The van der Waals surface area contributed by atoms with Gasteiger partial charge in [-0.05, 0) is 147 Å². The topological polar surface area (TPSA) is 101 Å². The quantitative estimate of drug-likeness (QED) is 0.262. The summed E-state index contributed by atoms with van der Waals surface area (Å²) in [5.74, 6) is 2.14. The van der Waals surface area contributed by atoms with Gasteiger partial charge in [-0.2, -0.15) is 5.26 Å². The number of nitriles is 1. The van der Waals surface area contributed by atoms with Gasteiger partial charge >= 0.3 is 5.97 Å². The van der Waals surface area contributed by atoms with Crippen LogP contribution in [0.15, 0.2) is 42.6 Å². The van der Waals surface area contributed by atoms with E-state index in [-0.39, 0.29) is 46.3 Å². The number of ether oxygens (including phenoxy) is 1. The molecule has 1 aromatic carbocycles. The largest absolute Gasteiger partial charge is 0.459 e. The Balaban J connectivity index is 1.15. The highest BCUT2D eigenvalue weighted by atomic mass is 16.5. The van der Waals surface area contributed by atoms with Crippen LogP contribution in [0.1, 0.15) is 117 Å². The molecule has 1 N–H and O–H groups in total. The van der Waals surface area contributed by atoms with E-state index in [0.29, 0.717) is 34.9 Å². The molecule has 0 aliphatic heterocycles. The van der Waals surface area contributed by atoms with Crippen LogP contribution in [0, 0.1) is 68.0 Å². The van der Waals surface area contributed by atoms with Crippen molar-refractivity contribution in [1.82, 2.24) is 15.0 Å². The van der Waals surface area contributed by atoms with Gasteiger partial charge in [0.25, 0.3) is 0 Å². The van der Waals surface area contributed by atoms with Gasteiger partial charge in [0.05, 0.1) is 35.0 Å². The summed E-state index contributed by atoms with van der Waals surface area (Å²) in [6.07, 6.45) is 12.2. The van der Waals surface area contributed by atoms with Crippen LogP contribution < -0.4 is 0 Å². The van der Waals surface area contributed by atoms with Crippen LogP contribution in [0.25, 0.3) is 5.69 Å². The predicted molar refractivity (Wildman–Crippen MR) is 181 cm³/mol. The first-order valence-corrected chi connectivity index (χ1v) is 18.1. The molecule has 0 saturated heterocycles. The van der Waals surface area contributed by atoms with Gasteiger partial charge in [0.2, 0.25) is 0 Å². The summed E-state index contributed by atoms with van der Waals surface area (Å²) >= 11 is 0. The maximum Gasteiger partial charge on any atom is 0.312 e. The second-order valence-corrected chi connectivity index (χ2v) is 17.6. The maximum absolute atomic E-state index is 14.4. The van der Waals surface area contributed by atoms with Crippen molar-refractivity contribution in [1.29, 1.82) is 5.26 Å². The number of nitrogens with zero attached hydrogens (tertiary/aromatic N) is 4. The molecule has 5 saturated carbocycles. The molecule has 0 radical (unpaired) electrons. The standard InChI is InChI=1S/C40H54N4O3/c1-25(2)29-14-19-40(35(46)47-24-27-23-44(43-42-27)28-10-8-26(22-41)9-11-28)21-20-38(6)30(34(29)40)12-13-32-37(5)17-16-33(45)36(3,4)31(37)15-18-39(32,38)7/h8-11,23,29-34,45H,1,12-21,24H2,2-7H3/t29-,30+,31-,32+,33-,34+,37-,38+,39+,40-/m0/s1. The number of esters is 1. The van der Waals surface area contributed by atoms with Gasteiger partial charge in [0.1, 0.15) is 12.3 Å². The van der Waals surface area contributed by atoms with E-state index in [1.807, 2.05) is 12.1 Å². The van der Waals surface area contributed by atoms with Crippen LogP contribution in [-0.2, 0) is 16.1 Å². The van der Waals surface area contributed by atoms with Gasteiger partial charge < -0.3 is 9.84 Å². The number of carbonyl (C=O) groups excluding carboxylic acids is 1. The van der Waals surface area contributed by atoms with Gasteiger partial charge in [-0.1, -0.05) is 52.0 Å². The maximum atomic E-state index is 14.4. The van der Waals surface area contributed by atoms with Crippen LogP contribution >= 0.6 is 0 Å². The first kappa shape index (κ1) is 32.6. The molecule has 5 aliphatic carbocycles. The van der Waals surface area contributed by atoms with E-state index < -0.39 is 5.41 Å². The first-order valence-electron chi connectivity index (χ1n) is 18.1. The number of aromatic nitrogens is 3. The van der Waals surface area contributed by atoms with Crippen LogP contribution in [0.5, 0.6) is 0 Å². The van der Waals surface area contributed by atoms with E-state index in [0.717, 1.165) is 50.6 Å². The Hall–Kier alpha value is -2.98. The molecule has 0 amide bonds. The van der Waals surface area contributed by atoms with E-state index in [2.05, 4.69) is 64.5 Å². The van der Waals surface area contributed by atoms with E-state index in [4.69, 9.17) is 10.00 Å². The van der Waals surface area contributed by atoms with Crippen LogP contribution in [0.2, 0.25) is 0 Å². The molecule has 5 aliphatic rings. The fourth-order valence-electron chi connectivity index (χ4n) is 12.9. The van der Waals surface area contributed by atoms with Gasteiger partial charge in [-0.3, -0.25) is 4.79 Å². The lowest BCUT2D eigenvalue weighted by Gasteiger charge is -2.72. The third-order valence-electron chi connectivity index (χ3n) is 15.6. The van der Waals surface area contributed by atoms with Crippen molar-refractivity contribution in [3.63, 3.8) is 0 Å². The fraction of sp³-hybridized carbons (Fsp3) is 0.700. The number of rotatable bonds is 5. The fourth-order valence-corrected chi connectivity index (χ4v) is 12.9. The van der Waals surface area contributed by atoms with Crippen LogP contribution in [0.4, 0.5) is 0 Å². The van der Waals surface area contributed by atoms with Crippen LogP contribution in [0.3, 0.4) is 0 Å². The van der Waals surface area contributed by atoms with Crippen molar-refractivity contribution in [3.8, 4) is 11.8 Å². The summed E-state index contributed by atoms with van der Waals surface area (Å²) in [6.45, 7) is 19.2. The molecule has 0 spiro atoms. The number of aliphatic hydroxyl groups is 1. The zero-order valence-electron chi connectivity index (χ0n) is 29.4. The summed E-state index contributed by atoms with van der Waals surface area (Å²) in [4.78, 5) is 14.4. The number of benzene rings is 1. The first-order chi connectivity index (χ1) is 22.2. The SMILES string of the molecule is C=C(C)[C@@H]1CC[C@]2(C(=O)OCc3cn(-c4ccc(C#N)cc4)nn3)CC[C@]3(C)[C@H](CC[C@@H]4[C@@]5(C)CC[C@H](O)C(C)(C)[C@@H]5CC[C@]43C)[C@@H]12. The van der Waals surface area contributed by atoms with Crippen molar-refractivity contribution >= 4 is 5.97 Å². The van der Waals surface area contributed by atoms with Gasteiger partial charge in [0.15, 0.2) is 0 Å². The smallest absolute Gasteiger partial charge is 0.312 e. The number of allylic oxidation sites excluding steroid dienone is 1. The van der Waals surface area contributed by atoms with Gasteiger partial charge in [-0.15, -0.1) is 5.10 Å². The summed E-state index contributed by atoms with van der Waals surface area (Å²) in [5, 5.41) is 28.7. The number of fused-ring (bicyclic) bond motifs is 7. The lowest BCUT2D eigenvalue weighted by molar-refractivity contribution is -0.248. The molecule has 252 valence electrons. The van der Waals surface area contributed by atoms with Crippen LogP contribution in [-0.4, -0.2) is 32.2 Å². The van der Waals surface area contributed by atoms with Gasteiger partial charge in [0, 0.05) is 0 Å². The highest BCUT2D eigenvalue weighted by molar-refractivity contribution is 5.78. The molecular formula is C40H54N4O3. The third-order valence-corrected chi connectivity index (χ3v) is 15.6. The van der Waals surface area contributed by atoms with Crippen molar-refractivity contribution in [3.05, 3.63) is 53.9 Å². The minimum atomic E-state index is -0.488. The molecule has 7 rings (SSSR count). The van der Waals surface area contributed by atoms with Crippen molar-refractivity contribution < 1.29 is 14.6 Å². The zero-order valence-corrected chi connectivity index (χ0v) is 29.4. The average Bonchev–Trinajstić information content (AvgIpc) is 3.68. The second-order valence-electron chi connectivity index (χ2n) is 17.6. The Morgan fingerprint density at radius 2 is 1.72 bits per heavy atom. The summed E-state index contributed by atoms with van der Waals surface area (Å²) in [5.41, 5.74) is 3.25. The molecule has 2 aromatic rings. The van der Waals surface area contributed by atoms with E-state index in [1.165, 1.54) is 24.8 Å². The molecule has 10 atom stereocenters. The number of aliphatic hydroxyl groups excluding tert-OH is 1. The van der Waals surface area contributed by atoms with Crippen molar-refractivity contribution in [2.24, 2.45) is 56.7 Å². The van der Waals surface area contributed by atoms with E-state index in [9.17, 15) is 9.90 Å². The minimum Gasteiger partial charge on any atom is -0.459 e. The van der Waals surface area contributed by atoms with Gasteiger partial charge in [-0.25, -0.2) is 4.68 Å². The highest BCUT2D eigenvalue weighted by Gasteiger charge is 2.72. The summed E-state index contributed by atoms with van der Waals surface area (Å²) < 4.78 is 7.86. The number of hydrogen-bond donors (Lipinski definition) is 1. The number of carbonyl (C=O) groups is 1. The molecular weight excluding hydrogens is 584 g/mol. The molecule has 1 heterocycles. The highest BCUT2D eigenvalue weighted by Crippen LogP contribution is 2.77. The van der Waals surface area contributed by atoms with E-state index in [1.54, 1.807) is 23.0 Å². The lowest BCUT2D eigenvalue weighted by Crippen LogP contribution is -2.67. The average molecular weight is 639 g/mol. The Morgan fingerprint density at radius 3 is 2.43 bits per heavy atom. The summed E-state index contributed by atoms with van der Waals surface area (Å²) in [7, 11) is 0. The second kappa shape index (κ2) is 11.0. The van der Waals surface area contributed by atoms with Crippen molar-refractivity contribution in [2.45, 2.75) is 118 Å². The Labute approximate surface area is 281 Å². The molecule has 0 bridgehead atoms.